The molecule has 0 radical (unpaired) electrons. The normalized spacial score (nSPS) is 11.5. The van der Waals surface area contributed by atoms with E-state index in [1.165, 1.54) is 4.31 Å². The zero-order valence-electron chi connectivity index (χ0n) is 18.6. The van der Waals surface area contributed by atoms with Crippen molar-refractivity contribution in [2.45, 2.75) is 17.5 Å². The van der Waals surface area contributed by atoms with Crippen molar-refractivity contribution in [3.8, 4) is 0 Å². The van der Waals surface area contributed by atoms with Crippen LogP contribution in [0.1, 0.15) is 22.7 Å². The summed E-state index contributed by atoms with van der Waals surface area (Å²) in [5, 5.41) is 3.04. The van der Waals surface area contributed by atoms with Gasteiger partial charge in [0.05, 0.1) is 17.5 Å². The lowest BCUT2D eigenvalue weighted by molar-refractivity contribution is -0.121. The van der Waals surface area contributed by atoms with Crippen LogP contribution in [0.4, 0.5) is 0 Å². The first kappa shape index (κ1) is 23.4. The molecule has 34 heavy (non-hydrogen) atoms. The highest BCUT2D eigenvalue weighted by atomic mass is 32.2. The predicted molar refractivity (Wildman–Crippen MR) is 133 cm³/mol. The van der Waals surface area contributed by atoms with Crippen molar-refractivity contribution in [2.24, 2.45) is 0 Å². The van der Waals surface area contributed by atoms with E-state index < -0.39 is 16.1 Å². The van der Waals surface area contributed by atoms with Crippen molar-refractivity contribution in [3.05, 3.63) is 138 Å². The number of carbonyl (C=O) groups is 1. The molecule has 0 aliphatic heterocycles. The molecule has 4 rings (SSSR count). The number of sulfonamides is 1. The molecule has 0 heterocycles. The molecule has 1 N–H and O–H groups in total. The van der Waals surface area contributed by atoms with Gasteiger partial charge < -0.3 is 5.32 Å². The summed E-state index contributed by atoms with van der Waals surface area (Å²) in [5.74, 6) is -0.381. The average Bonchev–Trinajstić information content (AvgIpc) is 2.89. The Hall–Kier alpha value is -3.74. The molecule has 6 heteroatoms. The van der Waals surface area contributed by atoms with E-state index in [0.29, 0.717) is 0 Å². The van der Waals surface area contributed by atoms with Crippen LogP contribution in [-0.2, 0) is 21.4 Å². The molecular formula is C28H26N2O3S. The van der Waals surface area contributed by atoms with Gasteiger partial charge in [0.1, 0.15) is 0 Å². The SMILES string of the molecule is O=C(CN(Cc1ccccc1)S(=O)(=O)c1ccccc1)NC(c1ccccc1)c1ccccc1. The summed E-state index contributed by atoms with van der Waals surface area (Å²) in [6, 6.07) is 36.4. The molecule has 0 atom stereocenters. The van der Waals surface area contributed by atoms with Crippen LogP contribution in [0, 0.1) is 0 Å². The van der Waals surface area contributed by atoms with Crippen molar-refractivity contribution in [1.82, 2.24) is 9.62 Å². The largest absolute Gasteiger partial charge is 0.344 e. The second kappa shape index (κ2) is 10.9. The third kappa shape index (κ3) is 5.78. The standard InChI is InChI=1S/C28H26N2O3S/c31-27(29-28(24-15-7-2-8-16-24)25-17-9-3-10-18-25)22-30(21-23-13-5-1-6-14-23)34(32,33)26-19-11-4-12-20-26/h1-20,28H,21-22H2,(H,29,31). The Labute approximate surface area is 200 Å². The Morgan fingerprint density at radius 3 is 1.62 bits per heavy atom. The lowest BCUT2D eigenvalue weighted by Gasteiger charge is -2.25. The summed E-state index contributed by atoms with van der Waals surface area (Å²) in [5.41, 5.74) is 2.64. The third-order valence-electron chi connectivity index (χ3n) is 5.47. The highest BCUT2D eigenvalue weighted by Gasteiger charge is 2.28. The van der Waals surface area contributed by atoms with Crippen molar-refractivity contribution in [3.63, 3.8) is 0 Å². The second-order valence-electron chi connectivity index (χ2n) is 7.89. The van der Waals surface area contributed by atoms with Gasteiger partial charge in [-0.1, -0.05) is 109 Å². The molecular weight excluding hydrogens is 444 g/mol. The van der Waals surface area contributed by atoms with E-state index in [0.717, 1.165) is 16.7 Å². The smallest absolute Gasteiger partial charge is 0.243 e. The van der Waals surface area contributed by atoms with Gasteiger partial charge in [0.25, 0.3) is 0 Å². The van der Waals surface area contributed by atoms with E-state index in [1.807, 2.05) is 91.0 Å². The van der Waals surface area contributed by atoms with Crippen molar-refractivity contribution in [1.29, 1.82) is 0 Å². The molecule has 4 aromatic rings. The quantitative estimate of drug-likeness (QED) is 0.383. The molecule has 5 nitrogen and oxygen atoms in total. The summed E-state index contributed by atoms with van der Waals surface area (Å²) >= 11 is 0. The molecule has 0 fully saturated rings. The minimum absolute atomic E-state index is 0.0901. The molecule has 0 bridgehead atoms. The Kier molecular flexibility index (Phi) is 7.52. The molecule has 1 amide bonds. The van der Waals surface area contributed by atoms with Gasteiger partial charge in [0.15, 0.2) is 0 Å². The van der Waals surface area contributed by atoms with E-state index in [-0.39, 0.29) is 23.9 Å². The summed E-state index contributed by atoms with van der Waals surface area (Å²) < 4.78 is 28.1. The summed E-state index contributed by atoms with van der Waals surface area (Å²) in [6.45, 7) is -0.213. The number of nitrogens with one attached hydrogen (secondary N) is 1. The highest BCUT2D eigenvalue weighted by molar-refractivity contribution is 7.89. The van der Waals surface area contributed by atoms with Crippen molar-refractivity contribution in [2.75, 3.05) is 6.54 Å². The molecule has 0 unspecified atom stereocenters. The Balaban J connectivity index is 1.62. The van der Waals surface area contributed by atoms with E-state index >= 15 is 0 Å². The molecule has 4 aromatic carbocycles. The van der Waals surface area contributed by atoms with Crippen molar-refractivity contribution < 1.29 is 13.2 Å². The van der Waals surface area contributed by atoms with E-state index in [2.05, 4.69) is 5.32 Å². The fourth-order valence-corrected chi connectivity index (χ4v) is 5.18. The van der Waals surface area contributed by atoms with Crippen LogP contribution in [0.2, 0.25) is 0 Å². The number of hydrogen-bond acceptors (Lipinski definition) is 3. The minimum Gasteiger partial charge on any atom is -0.344 e. The molecule has 0 saturated carbocycles. The summed E-state index contributed by atoms with van der Waals surface area (Å²) in [4.78, 5) is 13.4. The first-order valence-electron chi connectivity index (χ1n) is 11.0. The zero-order chi connectivity index (χ0) is 23.8. The van der Waals surface area contributed by atoms with Gasteiger partial charge in [-0.25, -0.2) is 8.42 Å². The van der Waals surface area contributed by atoms with Gasteiger partial charge in [0.2, 0.25) is 15.9 Å². The van der Waals surface area contributed by atoms with Crippen LogP contribution in [0.3, 0.4) is 0 Å². The fraction of sp³-hybridized carbons (Fsp3) is 0.107. The van der Waals surface area contributed by atoms with Crippen LogP contribution in [-0.4, -0.2) is 25.2 Å². The predicted octanol–water partition coefficient (Wildman–Crippen LogP) is 4.78. The summed E-state index contributed by atoms with van der Waals surface area (Å²) in [6.07, 6.45) is 0. The van der Waals surface area contributed by atoms with Gasteiger partial charge >= 0.3 is 0 Å². The molecule has 0 spiro atoms. The zero-order valence-corrected chi connectivity index (χ0v) is 19.4. The lowest BCUT2D eigenvalue weighted by atomic mass is 9.99. The average molecular weight is 471 g/mol. The number of rotatable bonds is 9. The van der Waals surface area contributed by atoms with E-state index in [1.54, 1.807) is 30.3 Å². The van der Waals surface area contributed by atoms with Gasteiger partial charge in [0, 0.05) is 6.54 Å². The number of carbonyl (C=O) groups excluding carboxylic acids is 1. The number of hydrogen-bond donors (Lipinski definition) is 1. The van der Waals surface area contributed by atoms with Crippen LogP contribution < -0.4 is 5.32 Å². The third-order valence-corrected chi connectivity index (χ3v) is 7.28. The van der Waals surface area contributed by atoms with Gasteiger partial charge in [-0.2, -0.15) is 4.31 Å². The van der Waals surface area contributed by atoms with E-state index in [9.17, 15) is 13.2 Å². The number of amides is 1. The highest BCUT2D eigenvalue weighted by Crippen LogP contribution is 2.23. The molecule has 0 aromatic heterocycles. The molecule has 172 valence electrons. The fourth-order valence-electron chi connectivity index (χ4n) is 3.77. The molecule has 0 saturated heterocycles. The van der Waals surface area contributed by atoms with Crippen LogP contribution in [0.15, 0.2) is 126 Å². The number of benzene rings is 4. The maximum Gasteiger partial charge on any atom is 0.243 e. The first-order chi connectivity index (χ1) is 16.5. The summed E-state index contributed by atoms with van der Waals surface area (Å²) in [7, 11) is -3.89. The molecule has 0 aliphatic carbocycles. The minimum atomic E-state index is -3.89. The van der Waals surface area contributed by atoms with E-state index in [4.69, 9.17) is 0 Å². The maximum absolute atomic E-state index is 13.4. The topological polar surface area (TPSA) is 66.5 Å². The Bertz CT molecular complexity index is 1260. The Morgan fingerprint density at radius 1 is 0.676 bits per heavy atom. The van der Waals surface area contributed by atoms with Crippen LogP contribution >= 0.6 is 0 Å². The van der Waals surface area contributed by atoms with Crippen molar-refractivity contribution >= 4 is 15.9 Å². The van der Waals surface area contributed by atoms with Crippen LogP contribution in [0.5, 0.6) is 0 Å². The first-order valence-corrected chi connectivity index (χ1v) is 12.5. The van der Waals surface area contributed by atoms with Crippen LogP contribution in [0.25, 0.3) is 0 Å². The monoisotopic (exact) mass is 470 g/mol. The molecule has 0 aliphatic rings. The number of nitrogens with zero attached hydrogens (tertiary/aromatic N) is 1. The van der Waals surface area contributed by atoms with Gasteiger partial charge in [-0.05, 0) is 28.8 Å². The lowest BCUT2D eigenvalue weighted by Crippen LogP contribution is -2.41. The Morgan fingerprint density at radius 2 is 1.12 bits per heavy atom. The van der Waals surface area contributed by atoms with Gasteiger partial charge in [-0.15, -0.1) is 0 Å². The maximum atomic E-state index is 13.4. The van der Waals surface area contributed by atoms with Gasteiger partial charge in [-0.3, -0.25) is 4.79 Å². The second-order valence-corrected chi connectivity index (χ2v) is 9.83.